The van der Waals surface area contributed by atoms with Gasteiger partial charge < -0.3 is 14.6 Å². The van der Waals surface area contributed by atoms with Gasteiger partial charge in [0.2, 0.25) is 0 Å². The number of nitrogens with zero attached hydrogens (tertiary/aromatic N) is 1. The summed E-state index contributed by atoms with van der Waals surface area (Å²) in [6, 6.07) is 14.7. The Kier molecular flexibility index (Phi) is 5.60. The fraction of sp³-hybridized carbons (Fsp3) is 0.273. The first-order valence-corrected chi connectivity index (χ1v) is 9.05. The number of aryl methyl sites for hydroxylation is 2. The molecule has 0 fully saturated rings. The summed E-state index contributed by atoms with van der Waals surface area (Å²) in [7, 11) is 1.81. The first-order chi connectivity index (χ1) is 13.0. The second-order valence-electron chi connectivity index (χ2n) is 6.78. The number of para-hydroxylation sites is 1. The molecule has 3 aromatic rings. The van der Waals surface area contributed by atoms with E-state index >= 15 is 0 Å². The SMILES string of the molecule is Cc1ccc(C(=O)N(C)CCCNc2cc(=O)oc3ccccc23)cc1C. The highest BCUT2D eigenvalue weighted by Gasteiger charge is 2.12. The zero-order valence-corrected chi connectivity index (χ0v) is 15.9. The fourth-order valence-corrected chi connectivity index (χ4v) is 2.99. The minimum Gasteiger partial charge on any atom is -0.423 e. The molecule has 0 radical (unpaired) electrons. The van der Waals surface area contributed by atoms with Crippen LogP contribution in [-0.2, 0) is 0 Å². The third kappa shape index (κ3) is 4.37. The van der Waals surface area contributed by atoms with E-state index in [1.807, 2.05) is 57.3 Å². The number of nitrogens with one attached hydrogen (secondary N) is 1. The van der Waals surface area contributed by atoms with Gasteiger partial charge in [0.25, 0.3) is 5.91 Å². The maximum atomic E-state index is 12.5. The molecule has 1 aromatic heterocycles. The summed E-state index contributed by atoms with van der Waals surface area (Å²) in [6.07, 6.45) is 0.766. The Hall–Kier alpha value is -3.08. The van der Waals surface area contributed by atoms with E-state index in [9.17, 15) is 9.59 Å². The molecule has 1 heterocycles. The minimum absolute atomic E-state index is 0.0175. The number of amides is 1. The van der Waals surface area contributed by atoms with Crippen LogP contribution in [0.25, 0.3) is 11.0 Å². The van der Waals surface area contributed by atoms with E-state index < -0.39 is 0 Å². The van der Waals surface area contributed by atoms with Crippen molar-refractivity contribution >= 4 is 22.6 Å². The van der Waals surface area contributed by atoms with E-state index in [-0.39, 0.29) is 11.5 Å². The summed E-state index contributed by atoms with van der Waals surface area (Å²) in [6.45, 7) is 5.32. The summed E-state index contributed by atoms with van der Waals surface area (Å²) >= 11 is 0. The second kappa shape index (κ2) is 8.08. The van der Waals surface area contributed by atoms with Crippen molar-refractivity contribution < 1.29 is 9.21 Å². The topological polar surface area (TPSA) is 62.6 Å². The summed E-state index contributed by atoms with van der Waals surface area (Å²) in [5, 5.41) is 4.15. The zero-order chi connectivity index (χ0) is 19.4. The van der Waals surface area contributed by atoms with E-state index in [0.29, 0.717) is 24.2 Å². The van der Waals surface area contributed by atoms with E-state index in [2.05, 4.69) is 5.32 Å². The van der Waals surface area contributed by atoms with Crippen LogP contribution in [0.15, 0.2) is 57.7 Å². The van der Waals surface area contributed by atoms with E-state index in [4.69, 9.17) is 4.42 Å². The van der Waals surface area contributed by atoms with Gasteiger partial charge in [-0.1, -0.05) is 18.2 Å². The lowest BCUT2D eigenvalue weighted by Gasteiger charge is -2.18. The van der Waals surface area contributed by atoms with Gasteiger partial charge in [-0.05, 0) is 55.7 Å². The predicted molar refractivity (Wildman–Crippen MR) is 108 cm³/mol. The maximum absolute atomic E-state index is 12.5. The smallest absolute Gasteiger partial charge is 0.338 e. The number of anilines is 1. The molecule has 0 saturated heterocycles. The molecular formula is C22H24N2O3. The van der Waals surface area contributed by atoms with E-state index in [1.54, 1.807) is 11.0 Å². The van der Waals surface area contributed by atoms with Crippen molar-refractivity contribution in [3.8, 4) is 0 Å². The largest absolute Gasteiger partial charge is 0.423 e. The Morgan fingerprint density at radius 1 is 1.07 bits per heavy atom. The van der Waals surface area contributed by atoms with Gasteiger partial charge >= 0.3 is 5.63 Å². The normalized spacial score (nSPS) is 10.8. The number of carbonyl (C=O) groups excluding carboxylic acids is 1. The number of fused-ring (bicyclic) bond motifs is 1. The van der Waals surface area contributed by atoms with Crippen LogP contribution in [0.2, 0.25) is 0 Å². The fourth-order valence-electron chi connectivity index (χ4n) is 2.99. The van der Waals surface area contributed by atoms with E-state index in [0.717, 1.165) is 23.1 Å². The van der Waals surface area contributed by atoms with Crippen LogP contribution >= 0.6 is 0 Å². The summed E-state index contributed by atoms with van der Waals surface area (Å²) in [5.74, 6) is 0.0175. The molecule has 0 saturated carbocycles. The molecule has 0 aliphatic heterocycles. The Labute approximate surface area is 158 Å². The number of hydrogen-bond acceptors (Lipinski definition) is 4. The molecule has 1 amide bonds. The molecule has 0 spiro atoms. The first kappa shape index (κ1) is 18.7. The van der Waals surface area contributed by atoms with Crippen molar-refractivity contribution in [2.45, 2.75) is 20.3 Å². The highest BCUT2D eigenvalue weighted by molar-refractivity contribution is 5.94. The van der Waals surface area contributed by atoms with Crippen molar-refractivity contribution in [2.75, 3.05) is 25.5 Å². The monoisotopic (exact) mass is 364 g/mol. The summed E-state index contributed by atoms with van der Waals surface area (Å²) in [4.78, 5) is 26.0. The lowest BCUT2D eigenvalue weighted by atomic mass is 10.1. The maximum Gasteiger partial charge on any atom is 0.338 e. The third-order valence-corrected chi connectivity index (χ3v) is 4.74. The molecule has 0 aliphatic carbocycles. The second-order valence-corrected chi connectivity index (χ2v) is 6.78. The van der Waals surface area contributed by atoms with Crippen molar-refractivity contribution in [1.82, 2.24) is 4.90 Å². The third-order valence-electron chi connectivity index (χ3n) is 4.74. The molecule has 5 nitrogen and oxygen atoms in total. The molecule has 1 N–H and O–H groups in total. The van der Waals surface area contributed by atoms with Crippen LogP contribution in [0.3, 0.4) is 0 Å². The van der Waals surface area contributed by atoms with Gasteiger partial charge in [0.15, 0.2) is 0 Å². The Balaban J connectivity index is 1.58. The van der Waals surface area contributed by atoms with Crippen molar-refractivity contribution in [3.63, 3.8) is 0 Å². The van der Waals surface area contributed by atoms with Crippen LogP contribution < -0.4 is 10.9 Å². The van der Waals surface area contributed by atoms with Crippen LogP contribution in [0.1, 0.15) is 27.9 Å². The molecule has 3 rings (SSSR count). The summed E-state index contributed by atoms with van der Waals surface area (Å²) in [5.41, 5.74) is 3.95. The molecule has 0 atom stereocenters. The molecule has 140 valence electrons. The van der Waals surface area contributed by atoms with Gasteiger partial charge in [-0.2, -0.15) is 0 Å². The number of rotatable bonds is 6. The Morgan fingerprint density at radius 3 is 2.63 bits per heavy atom. The lowest BCUT2D eigenvalue weighted by molar-refractivity contribution is 0.0794. The average molecular weight is 364 g/mol. The van der Waals surface area contributed by atoms with Gasteiger partial charge in [-0.3, -0.25) is 4.79 Å². The molecule has 27 heavy (non-hydrogen) atoms. The van der Waals surface area contributed by atoms with Crippen molar-refractivity contribution in [2.24, 2.45) is 0 Å². The van der Waals surface area contributed by atoms with Gasteiger partial charge in [0.1, 0.15) is 5.58 Å². The molecular weight excluding hydrogens is 340 g/mol. The highest BCUT2D eigenvalue weighted by atomic mass is 16.4. The number of carbonyl (C=O) groups is 1. The molecule has 0 unspecified atom stereocenters. The van der Waals surface area contributed by atoms with Gasteiger partial charge in [0.05, 0.1) is 5.69 Å². The standard InChI is InChI=1S/C22H24N2O3/c1-15-9-10-17(13-16(15)2)22(26)24(3)12-6-11-23-19-14-21(25)27-20-8-5-4-7-18(19)20/h4-5,7-10,13-14,23H,6,11-12H2,1-3H3. The van der Waals surface area contributed by atoms with Crippen molar-refractivity contribution in [3.05, 3.63) is 75.6 Å². The molecule has 5 heteroatoms. The highest BCUT2D eigenvalue weighted by Crippen LogP contribution is 2.20. The average Bonchev–Trinajstić information content (AvgIpc) is 2.66. The Bertz CT molecular complexity index is 1020. The summed E-state index contributed by atoms with van der Waals surface area (Å²) < 4.78 is 5.20. The zero-order valence-electron chi connectivity index (χ0n) is 15.9. The molecule has 2 aromatic carbocycles. The lowest BCUT2D eigenvalue weighted by Crippen LogP contribution is -2.29. The molecule has 0 bridgehead atoms. The van der Waals surface area contributed by atoms with Gasteiger partial charge in [0, 0.05) is 37.2 Å². The quantitative estimate of drug-likeness (QED) is 0.531. The van der Waals surface area contributed by atoms with Crippen LogP contribution in [0, 0.1) is 13.8 Å². The number of benzene rings is 2. The molecule has 0 aliphatic rings. The van der Waals surface area contributed by atoms with Gasteiger partial charge in [-0.15, -0.1) is 0 Å². The van der Waals surface area contributed by atoms with Crippen molar-refractivity contribution in [1.29, 1.82) is 0 Å². The van der Waals surface area contributed by atoms with Crippen LogP contribution in [0.4, 0.5) is 5.69 Å². The van der Waals surface area contributed by atoms with Crippen LogP contribution in [0.5, 0.6) is 0 Å². The number of hydrogen-bond donors (Lipinski definition) is 1. The Morgan fingerprint density at radius 2 is 1.85 bits per heavy atom. The van der Waals surface area contributed by atoms with E-state index in [1.165, 1.54) is 11.6 Å². The van der Waals surface area contributed by atoms with Crippen LogP contribution in [-0.4, -0.2) is 30.9 Å². The first-order valence-electron chi connectivity index (χ1n) is 9.05. The minimum atomic E-state index is -0.377. The van der Waals surface area contributed by atoms with Gasteiger partial charge in [-0.25, -0.2) is 4.79 Å². The predicted octanol–water partition coefficient (Wildman–Crippen LogP) is 3.98.